The molecular formula is C7H13NO3. The summed E-state index contributed by atoms with van der Waals surface area (Å²) in [6, 6.07) is 0.389. The van der Waals surface area contributed by atoms with E-state index in [1.165, 1.54) is 0 Å². The first kappa shape index (κ1) is 8.49. The van der Waals surface area contributed by atoms with E-state index in [4.69, 9.17) is 9.84 Å². The van der Waals surface area contributed by atoms with Crippen molar-refractivity contribution < 1.29 is 14.6 Å². The fraction of sp³-hybridized carbons (Fsp3) is 0.857. The average molecular weight is 159 g/mol. The molecule has 0 radical (unpaired) electrons. The number of amides is 1. The lowest BCUT2D eigenvalue weighted by Crippen LogP contribution is -2.29. The van der Waals surface area contributed by atoms with Crippen LogP contribution in [0.4, 0.5) is 0 Å². The Morgan fingerprint density at radius 3 is 2.91 bits per heavy atom. The summed E-state index contributed by atoms with van der Waals surface area (Å²) < 4.78 is 4.81. The van der Waals surface area contributed by atoms with Gasteiger partial charge in [-0.05, 0) is 12.8 Å². The third kappa shape index (κ3) is 3.95. The van der Waals surface area contributed by atoms with Crippen LogP contribution in [0.3, 0.4) is 0 Å². The van der Waals surface area contributed by atoms with Gasteiger partial charge in [-0.15, -0.1) is 0 Å². The first-order valence-electron chi connectivity index (χ1n) is 3.81. The zero-order valence-corrected chi connectivity index (χ0v) is 6.38. The molecule has 1 aliphatic carbocycles. The van der Waals surface area contributed by atoms with Gasteiger partial charge in [-0.1, -0.05) is 0 Å². The van der Waals surface area contributed by atoms with Crippen LogP contribution in [-0.4, -0.2) is 36.9 Å². The molecule has 0 aliphatic heterocycles. The van der Waals surface area contributed by atoms with E-state index in [0.29, 0.717) is 6.04 Å². The van der Waals surface area contributed by atoms with Gasteiger partial charge in [0.25, 0.3) is 0 Å². The van der Waals surface area contributed by atoms with Crippen LogP contribution in [0.5, 0.6) is 0 Å². The molecule has 4 nitrogen and oxygen atoms in total. The Bertz CT molecular complexity index is 134. The number of rotatable bonds is 5. The molecule has 0 aromatic heterocycles. The second-order valence-electron chi connectivity index (χ2n) is 2.62. The lowest BCUT2D eigenvalue weighted by atomic mass is 10.6. The maximum absolute atomic E-state index is 10.9. The van der Waals surface area contributed by atoms with Gasteiger partial charge in [0.15, 0.2) is 0 Å². The molecule has 0 aromatic carbocycles. The summed E-state index contributed by atoms with van der Waals surface area (Å²) in [4.78, 5) is 10.9. The molecular weight excluding hydrogens is 146 g/mol. The summed E-state index contributed by atoms with van der Waals surface area (Å²) >= 11 is 0. The van der Waals surface area contributed by atoms with E-state index >= 15 is 0 Å². The van der Waals surface area contributed by atoms with Crippen molar-refractivity contribution in [2.45, 2.75) is 18.9 Å². The number of aliphatic hydroxyl groups is 1. The van der Waals surface area contributed by atoms with Crippen molar-refractivity contribution in [1.82, 2.24) is 5.32 Å². The molecule has 0 unspecified atom stereocenters. The van der Waals surface area contributed by atoms with Crippen molar-refractivity contribution in [3.63, 3.8) is 0 Å². The number of nitrogens with one attached hydrogen (secondary N) is 1. The van der Waals surface area contributed by atoms with Crippen LogP contribution >= 0.6 is 0 Å². The van der Waals surface area contributed by atoms with E-state index in [-0.39, 0.29) is 25.7 Å². The highest BCUT2D eigenvalue weighted by Gasteiger charge is 2.22. The number of hydrogen-bond donors (Lipinski definition) is 2. The fourth-order valence-electron chi connectivity index (χ4n) is 0.726. The molecule has 0 spiro atoms. The lowest BCUT2D eigenvalue weighted by molar-refractivity contribution is -0.126. The molecule has 1 saturated carbocycles. The summed E-state index contributed by atoms with van der Waals surface area (Å²) in [5.41, 5.74) is 0. The summed E-state index contributed by atoms with van der Waals surface area (Å²) in [6.07, 6.45) is 2.18. The fourth-order valence-corrected chi connectivity index (χ4v) is 0.726. The third-order valence-electron chi connectivity index (χ3n) is 1.41. The Hall–Kier alpha value is -0.610. The minimum atomic E-state index is -0.0825. The van der Waals surface area contributed by atoms with Crippen molar-refractivity contribution in [1.29, 1.82) is 0 Å². The van der Waals surface area contributed by atoms with Crippen LogP contribution in [-0.2, 0) is 9.53 Å². The Balaban J connectivity index is 1.92. The van der Waals surface area contributed by atoms with Gasteiger partial charge in [0.2, 0.25) is 5.91 Å². The summed E-state index contributed by atoms with van der Waals surface area (Å²) in [7, 11) is 0. The number of carbonyl (C=O) groups is 1. The molecule has 1 amide bonds. The van der Waals surface area contributed by atoms with Gasteiger partial charge >= 0.3 is 0 Å². The molecule has 0 aromatic rings. The summed E-state index contributed by atoms with van der Waals surface area (Å²) in [5.74, 6) is -0.0825. The molecule has 0 bridgehead atoms. The number of carbonyl (C=O) groups excluding carboxylic acids is 1. The van der Waals surface area contributed by atoms with E-state index in [9.17, 15) is 4.79 Å². The van der Waals surface area contributed by atoms with Crippen molar-refractivity contribution in [2.24, 2.45) is 0 Å². The van der Waals surface area contributed by atoms with E-state index in [0.717, 1.165) is 12.8 Å². The number of ether oxygens (including phenoxy) is 1. The molecule has 64 valence electrons. The quantitative estimate of drug-likeness (QED) is 0.520. The van der Waals surface area contributed by atoms with Gasteiger partial charge < -0.3 is 15.2 Å². The largest absolute Gasteiger partial charge is 0.394 e. The number of aliphatic hydroxyl groups excluding tert-OH is 1. The average Bonchev–Trinajstić information content (AvgIpc) is 2.72. The smallest absolute Gasteiger partial charge is 0.246 e. The lowest BCUT2D eigenvalue weighted by Gasteiger charge is -2.02. The van der Waals surface area contributed by atoms with Crippen LogP contribution in [0, 0.1) is 0 Å². The van der Waals surface area contributed by atoms with Gasteiger partial charge in [-0.3, -0.25) is 4.79 Å². The van der Waals surface area contributed by atoms with Gasteiger partial charge in [0.05, 0.1) is 13.2 Å². The van der Waals surface area contributed by atoms with E-state index in [1.807, 2.05) is 0 Å². The molecule has 1 aliphatic rings. The van der Waals surface area contributed by atoms with Crippen molar-refractivity contribution in [3.05, 3.63) is 0 Å². The van der Waals surface area contributed by atoms with Crippen LogP contribution in [0.2, 0.25) is 0 Å². The summed E-state index contributed by atoms with van der Waals surface area (Å²) in [5, 5.41) is 11.1. The summed E-state index contributed by atoms with van der Waals surface area (Å²) in [6.45, 7) is 0.270. The standard InChI is InChI=1S/C7H13NO3/c9-3-4-11-5-7(10)8-6-1-2-6/h6,9H,1-5H2,(H,8,10). The molecule has 2 N–H and O–H groups in total. The SMILES string of the molecule is O=C(COCCO)NC1CC1. The van der Waals surface area contributed by atoms with Crippen LogP contribution in [0.25, 0.3) is 0 Å². The van der Waals surface area contributed by atoms with E-state index < -0.39 is 0 Å². The molecule has 0 saturated heterocycles. The zero-order chi connectivity index (χ0) is 8.10. The Kier molecular flexibility index (Phi) is 3.32. The molecule has 11 heavy (non-hydrogen) atoms. The van der Waals surface area contributed by atoms with Gasteiger partial charge in [-0.25, -0.2) is 0 Å². The zero-order valence-electron chi connectivity index (χ0n) is 6.38. The minimum Gasteiger partial charge on any atom is -0.394 e. The van der Waals surface area contributed by atoms with Crippen LogP contribution < -0.4 is 5.32 Å². The highest BCUT2D eigenvalue weighted by atomic mass is 16.5. The monoisotopic (exact) mass is 159 g/mol. The molecule has 0 atom stereocenters. The van der Waals surface area contributed by atoms with Crippen molar-refractivity contribution in [3.8, 4) is 0 Å². The van der Waals surface area contributed by atoms with Gasteiger partial charge in [-0.2, -0.15) is 0 Å². The second kappa shape index (κ2) is 4.31. The third-order valence-corrected chi connectivity index (χ3v) is 1.41. The minimum absolute atomic E-state index is 0.0310. The predicted molar refractivity (Wildman–Crippen MR) is 39.1 cm³/mol. The normalized spacial score (nSPS) is 16.5. The second-order valence-corrected chi connectivity index (χ2v) is 2.62. The maximum atomic E-state index is 10.9. The molecule has 4 heteroatoms. The van der Waals surface area contributed by atoms with Gasteiger partial charge in [0.1, 0.15) is 6.61 Å². The Labute approximate surface area is 65.5 Å². The molecule has 0 heterocycles. The van der Waals surface area contributed by atoms with Crippen molar-refractivity contribution in [2.75, 3.05) is 19.8 Å². The highest BCUT2D eigenvalue weighted by Crippen LogP contribution is 2.18. The number of hydrogen-bond acceptors (Lipinski definition) is 3. The Morgan fingerprint density at radius 2 is 2.36 bits per heavy atom. The maximum Gasteiger partial charge on any atom is 0.246 e. The Morgan fingerprint density at radius 1 is 1.64 bits per heavy atom. The van der Waals surface area contributed by atoms with Crippen molar-refractivity contribution >= 4 is 5.91 Å². The highest BCUT2D eigenvalue weighted by molar-refractivity contribution is 5.77. The predicted octanol–water partition coefficient (Wildman–Crippen LogP) is -0.726. The molecule has 1 rings (SSSR count). The van der Waals surface area contributed by atoms with Gasteiger partial charge in [0, 0.05) is 6.04 Å². The first-order chi connectivity index (χ1) is 5.33. The van der Waals surface area contributed by atoms with Crippen LogP contribution in [0.1, 0.15) is 12.8 Å². The first-order valence-corrected chi connectivity index (χ1v) is 3.81. The van der Waals surface area contributed by atoms with E-state index in [1.54, 1.807) is 0 Å². The topological polar surface area (TPSA) is 58.6 Å². The van der Waals surface area contributed by atoms with E-state index in [2.05, 4.69) is 5.32 Å². The van der Waals surface area contributed by atoms with Crippen LogP contribution in [0.15, 0.2) is 0 Å². The molecule has 1 fully saturated rings.